The lowest BCUT2D eigenvalue weighted by molar-refractivity contribution is -0.134. The number of alkyl halides is 3. The van der Waals surface area contributed by atoms with Crippen molar-refractivity contribution in [1.29, 1.82) is 0 Å². The molecular weight excluding hydrogens is 534 g/mol. The number of ether oxygens (including phenoxy) is 1. The molecule has 2 heterocycles. The van der Waals surface area contributed by atoms with E-state index in [-0.39, 0.29) is 6.20 Å². The normalized spacial score (nSPS) is 30.5. The molecular formula is C11H16F3N2O14P3. The number of hydrogen-bond donors (Lipinski definition) is 7. The van der Waals surface area contributed by atoms with E-state index in [1.54, 1.807) is 5.32 Å². The van der Waals surface area contributed by atoms with E-state index in [4.69, 9.17) is 19.4 Å². The van der Waals surface area contributed by atoms with Crippen LogP contribution in [0.5, 0.6) is 0 Å². The summed E-state index contributed by atoms with van der Waals surface area (Å²) in [5.41, 5.74) is -1.70. The summed E-state index contributed by atoms with van der Waals surface area (Å²) in [6.07, 6.45) is -12.4. The maximum absolute atomic E-state index is 13.0. The van der Waals surface area contributed by atoms with Crippen LogP contribution in [0.1, 0.15) is 0 Å². The molecule has 16 nitrogen and oxygen atoms in total. The number of phosphoric acid groups is 3. The van der Waals surface area contributed by atoms with Gasteiger partial charge in [-0.25, -0.2) is 13.7 Å². The number of carbonyl (C=O) groups excluding carboxylic acids is 1. The minimum Gasteiger partial charge on any atom is -0.387 e. The van der Waals surface area contributed by atoms with Crippen LogP contribution in [-0.2, 0) is 36.4 Å². The highest BCUT2D eigenvalue weighted by Gasteiger charge is 2.50. The van der Waals surface area contributed by atoms with Gasteiger partial charge in [0.2, 0.25) is 0 Å². The van der Waals surface area contributed by atoms with E-state index in [0.29, 0.717) is 4.90 Å². The zero-order valence-corrected chi connectivity index (χ0v) is 18.4. The highest BCUT2D eigenvalue weighted by molar-refractivity contribution is 7.66. The molecule has 0 spiro atoms. The monoisotopic (exact) mass is 550 g/mol. The number of nitrogens with one attached hydrogen (secondary N) is 1. The average molecular weight is 550 g/mol. The van der Waals surface area contributed by atoms with Gasteiger partial charge in [0.15, 0.2) is 6.23 Å². The Morgan fingerprint density at radius 3 is 2.18 bits per heavy atom. The van der Waals surface area contributed by atoms with Crippen molar-refractivity contribution < 1.29 is 79.3 Å². The minimum absolute atomic E-state index is 0.243. The second-order valence-electron chi connectivity index (χ2n) is 6.28. The number of hydrogen-bond acceptors (Lipinski definition) is 11. The van der Waals surface area contributed by atoms with Crippen LogP contribution in [0.2, 0.25) is 0 Å². The van der Waals surface area contributed by atoms with Gasteiger partial charge < -0.3 is 44.7 Å². The van der Waals surface area contributed by atoms with Gasteiger partial charge in [0.25, 0.3) is 5.91 Å². The van der Waals surface area contributed by atoms with E-state index < -0.39 is 78.1 Å². The van der Waals surface area contributed by atoms with E-state index in [0.717, 1.165) is 0 Å². The first-order valence-electron chi connectivity index (χ1n) is 8.10. The van der Waals surface area contributed by atoms with Crippen LogP contribution in [0.3, 0.4) is 0 Å². The molecule has 0 aromatic rings. The number of carbonyl (C=O) groups is 1. The van der Waals surface area contributed by atoms with Crippen molar-refractivity contribution in [2.75, 3.05) is 6.61 Å². The number of phosphoric ester groups is 1. The van der Waals surface area contributed by atoms with E-state index in [9.17, 15) is 46.8 Å². The summed E-state index contributed by atoms with van der Waals surface area (Å²) >= 11 is 0. The van der Waals surface area contributed by atoms with Gasteiger partial charge in [0.05, 0.1) is 6.61 Å². The standard InChI is InChI=1S/C11H16F3N2O14P3/c1-4-15-9(19)5(11(12,13)14)2-16(4)10-8(18)7(17)6(28-10)3-27-32(23,24)30-33(25,26)29-31(20,21)22/h2,6-8,10,17-18H,1,3H2,(H,15,19)(H,23,24)(H,25,26)(H2,20,21,22)/t6-,7?,8+,10-/m1/s1. The predicted octanol–water partition coefficient (Wildman–Crippen LogP) is -0.874. The molecule has 33 heavy (non-hydrogen) atoms. The van der Waals surface area contributed by atoms with Crippen molar-refractivity contribution in [3.05, 3.63) is 24.2 Å². The maximum Gasteiger partial charge on any atom is 0.490 e. The Morgan fingerprint density at radius 2 is 1.67 bits per heavy atom. The van der Waals surface area contributed by atoms with Crippen LogP contribution in [0.15, 0.2) is 24.2 Å². The van der Waals surface area contributed by atoms with Crippen molar-refractivity contribution in [3.8, 4) is 0 Å². The lowest BCUT2D eigenvalue weighted by atomic mass is 10.1. The molecule has 1 amide bonds. The molecule has 0 aromatic carbocycles. The number of rotatable bonds is 8. The van der Waals surface area contributed by atoms with Crippen LogP contribution >= 0.6 is 23.5 Å². The summed E-state index contributed by atoms with van der Waals surface area (Å²) in [5, 5.41) is 21.9. The van der Waals surface area contributed by atoms with Crippen LogP contribution < -0.4 is 5.32 Å². The summed E-state index contributed by atoms with van der Waals surface area (Å²) in [7, 11) is -17.1. The first-order valence-corrected chi connectivity index (χ1v) is 12.6. The van der Waals surface area contributed by atoms with Crippen molar-refractivity contribution in [2.45, 2.75) is 30.7 Å². The summed E-state index contributed by atoms with van der Waals surface area (Å²) in [4.78, 5) is 47.4. The van der Waals surface area contributed by atoms with Gasteiger partial charge in [0.1, 0.15) is 29.7 Å². The number of aliphatic hydroxyl groups is 2. The second-order valence-corrected chi connectivity index (χ2v) is 10.7. The van der Waals surface area contributed by atoms with E-state index in [1.165, 1.54) is 0 Å². The third-order valence-electron chi connectivity index (χ3n) is 3.82. The molecule has 7 N–H and O–H groups in total. The van der Waals surface area contributed by atoms with Crippen LogP contribution in [-0.4, -0.2) is 77.9 Å². The Hall–Kier alpha value is -1.17. The predicted molar refractivity (Wildman–Crippen MR) is 93.8 cm³/mol. The Bertz CT molecular complexity index is 981. The Balaban J connectivity index is 2.11. The molecule has 0 aliphatic carbocycles. The van der Waals surface area contributed by atoms with Gasteiger partial charge in [0, 0.05) is 6.20 Å². The smallest absolute Gasteiger partial charge is 0.387 e. The lowest BCUT2D eigenvalue weighted by Crippen LogP contribution is -2.49. The lowest BCUT2D eigenvalue weighted by Gasteiger charge is -2.34. The third kappa shape index (κ3) is 7.40. The summed E-state index contributed by atoms with van der Waals surface area (Å²) in [6, 6.07) is 0. The molecule has 2 rings (SSSR count). The van der Waals surface area contributed by atoms with Gasteiger partial charge in [-0.1, -0.05) is 6.58 Å². The molecule has 0 radical (unpaired) electrons. The fourth-order valence-electron chi connectivity index (χ4n) is 2.54. The van der Waals surface area contributed by atoms with Crippen LogP contribution in [0.4, 0.5) is 13.2 Å². The topological polar surface area (TPSA) is 242 Å². The fourth-order valence-corrected chi connectivity index (χ4v) is 5.57. The molecule has 0 bridgehead atoms. The van der Waals surface area contributed by atoms with Crippen LogP contribution in [0, 0.1) is 0 Å². The van der Waals surface area contributed by atoms with Gasteiger partial charge in [-0.2, -0.15) is 21.8 Å². The third-order valence-corrected chi connectivity index (χ3v) is 7.62. The maximum atomic E-state index is 13.0. The van der Waals surface area contributed by atoms with Gasteiger partial charge in [-0.15, -0.1) is 0 Å². The second kappa shape index (κ2) is 9.47. The molecule has 1 saturated heterocycles. The molecule has 190 valence electrons. The molecule has 2 aliphatic rings. The Labute approximate surface area is 181 Å². The number of aliphatic hydroxyl groups excluding tert-OH is 2. The van der Waals surface area contributed by atoms with Gasteiger partial charge >= 0.3 is 29.6 Å². The van der Waals surface area contributed by atoms with E-state index in [1.807, 2.05) is 0 Å². The van der Waals surface area contributed by atoms with E-state index in [2.05, 4.69) is 19.7 Å². The Kier molecular flexibility index (Phi) is 8.05. The van der Waals surface area contributed by atoms with Crippen molar-refractivity contribution in [2.24, 2.45) is 0 Å². The molecule has 0 aromatic heterocycles. The zero-order valence-electron chi connectivity index (χ0n) is 15.7. The summed E-state index contributed by atoms with van der Waals surface area (Å²) in [6.45, 7) is 2.09. The summed E-state index contributed by atoms with van der Waals surface area (Å²) in [5.74, 6) is -2.04. The van der Waals surface area contributed by atoms with Gasteiger partial charge in [-0.3, -0.25) is 9.32 Å². The molecule has 2 aliphatic heterocycles. The number of nitrogens with zero attached hydrogens (tertiary/aromatic N) is 1. The zero-order chi connectivity index (χ0) is 25.6. The number of halogens is 3. The highest BCUT2D eigenvalue weighted by atomic mass is 31.3. The first-order chi connectivity index (χ1) is 14.7. The van der Waals surface area contributed by atoms with E-state index >= 15 is 0 Å². The van der Waals surface area contributed by atoms with Crippen molar-refractivity contribution in [3.63, 3.8) is 0 Å². The summed E-state index contributed by atoms with van der Waals surface area (Å²) < 4.78 is 88.8. The van der Waals surface area contributed by atoms with Gasteiger partial charge in [-0.05, 0) is 0 Å². The first kappa shape index (κ1) is 28.1. The van der Waals surface area contributed by atoms with Crippen molar-refractivity contribution in [1.82, 2.24) is 10.2 Å². The van der Waals surface area contributed by atoms with Crippen molar-refractivity contribution >= 4 is 29.4 Å². The number of amides is 1. The van der Waals surface area contributed by atoms with Crippen LogP contribution in [0.25, 0.3) is 0 Å². The fraction of sp³-hybridized carbons (Fsp3) is 0.545. The molecule has 0 saturated carbocycles. The molecule has 1 fully saturated rings. The largest absolute Gasteiger partial charge is 0.490 e. The molecule has 3 unspecified atom stereocenters. The Morgan fingerprint density at radius 1 is 1.09 bits per heavy atom. The SMILES string of the molecule is C=C1NC(=O)C(C(F)(F)F)=CN1[C@@H]1O[C@H](COP(=O)(O)OP(=O)(O)OP(=O)(O)O)C(O)[C@@H]1O. The molecule has 6 atom stereocenters. The minimum atomic E-state index is -5.82. The highest BCUT2D eigenvalue weighted by Crippen LogP contribution is 2.66. The average Bonchev–Trinajstić information content (AvgIpc) is 2.84. The molecule has 22 heteroatoms. The quantitative estimate of drug-likeness (QED) is 0.182.